The van der Waals surface area contributed by atoms with Crippen molar-refractivity contribution in [1.82, 2.24) is 5.32 Å². The van der Waals surface area contributed by atoms with Crippen LogP contribution in [0.25, 0.3) is 0 Å². The topological polar surface area (TPSA) is 81.7 Å². The van der Waals surface area contributed by atoms with Gasteiger partial charge in [0.2, 0.25) is 0 Å². The Morgan fingerprint density at radius 3 is 2.52 bits per heavy atom. The lowest BCUT2D eigenvalue weighted by Gasteiger charge is -2.34. The van der Waals surface area contributed by atoms with Crippen LogP contribution in [0.3, 0.4) is 0 Å². The second-order valence-corrected chi connectivity index (χ2v) is 5.72. The molecule has 6 nitrogen and oxygen atoms in total. The number of carbonyl (C=O) groups is 3. The fourth-order valence-electron chi connectivity index (χ4n) is 3.23. The smallest absolute Gasteiger partial charge is 0.407 e. The van der Waals surface area contributed by atoms with Crippen molar-refractivity contribution in [2.75, 3.05) is 14.2 Å². The van der Waals surface area contributed by atoms with Gasteiger partial charge in [-0.3, -0.25) is 9.59 Å². The quantitative estimate of drug-likeness (QED) is 0.680. The van der Waals surface area contributed by atoms with Crippen LogP contribution in [0.4, 0.5) is 4.79 Å². The van der Waals surface area contributed by atoms with Gasteiger partial charge in [0.1, 0.15) is 0 Å². The van der Waals surface area contributed by atoms with E-state index in [0.717, 1.165) is 5.56 Å². The van der Waals surface area contributed by atoms with Crippen molar-refractivity contribution in [3.63, 3.8) is 0 Å². The summed E-state index contributed by atoms with van der Waals surface area (Å²) in [5.74, 6) is -0.838. The Hall–Kier alpha value is -2.37. The van der Waals surface area contributed by atoms with E-state index >= 15 is 0 Å². The molecule has 1 saturated carbocycles. The number of amides is 1. The highest BCUT2D eigenvalue weighted by Gasteiger charge is 2.56. The molecule has 1 unspecified atom stereocenters. The molecule has 0 bridgehead atoms. The van der Waals surface area contributed by atoms with Crippen LogP contribution in [0.1, 0.15) is 36.4 Å². The third-order valence-electron chi connectivity index (χ3n) is 4.34. The molecule has 0 heterocycles. The third kappa shape index (κ3) is 3.06. The molecule has 1 aromatic rings. The fourth-order valence-corrected chi connectivity index (χ4v) is 3.23. The minimum Gasteiger partial charge on any atom is -0.468 e. The number of carbonyl (C=O) groups excluding carboxylic acids is 3. The number of esters is 1. The predicted octanol–water partition coefficient (Wildman–Crippen LogP) is 2.30. The Labute approximate surface area is 135 Å². The lowest BCUT2D eigenvalue weighted by molar-refractivity contribution is -0.158. The summed E-state index contributed by atoms with van der Waals surface area (Å²) in [6.07, 6.45) is 0.514. The van der Waals surface area contributed by atoms with Gasteiger partial charge in [-0.05, 0) is 25.3 Å². The van der Waals surface area contributed by atoms with Crippen molar-refractivity contribution >= 4 is 17.8 Å². The first-order valence-electron chi connectivity index (χ1n) is 7.48. The van der Waals surface area contributed by atoms with Gasteiger partial charge in [0.25, 0.3) is 0 Å². The summed E-state index contributed by atoms with van der Waals surface area (Å²) in [5, 5.41) is 2.66. The monoisotopic (exact) mass is 319 g/mol. The number of ether oxygens (including phenoxy) is 2. The number of hydrogen-bond donors (Lipinski definition) is 1. The summed E-state index contributed by atoms with van der Waals surface area (Å²) in [4.78, 5) is 36.9. The van der Waals surface area contributed by atoms with E-state index in [-0.39, 0.29) is 5.78 Å². The van der Waals surface area contributed by atoms with Crippen molar-refractivity contribution in [3.05, 3.63) is 35.4 Å². The predicted molar refractivity (Wildman–Crippen MR) is 82.8 cm³/mol. The van der Waals surface area contributed by atoms with Crippen LogP contribution in [-0.2, 0) is 19.1 Å². The minimum atomic E-state index is -1.41. The third-order valence-corrected chi connectivity index (χ3v) is 4.34. The Morgan fingerprint density at radius 1 is 1.26 bits per heavy atom. The Bertz CT molecular complexity index is 627. The van der Waals surface area contributed by atoms with E-state index in [1.807, 2.05) is 25.1 Å². The van der Waals surface area contributed by atoms with Gasteiger partial charge in [0, 0.05) is 6.42 Å². The fraction of sp³-hybridized carbons (Fsp3) is 0.471. The van der Waals surface area contributed by atoms with Gasteiger partial charge in [-0.15, -0.1) is 0 Å². The zero-order valence-corrected chi connectivity index (χ0v) is 13.5. The maximum absolute atomic E-state index is 12.6. The van der Waals surface area contributed by atoms with Gasteiger partial charge in [-0.25, -0.2) is 4.79 Å². The van der Waals surface area contributed by atoms with Gasteiger partial charge in [0.05, 0.1) is 20.3 Å². The number of Topliss-reactive ketones (excluding diaryl/α,β-unsaturated/α-hetero) is 1. The number of aryl methyl sites for hydroxylation is 1. The maximum atomic E-state index is 12.6. The van der Waals surface area contributed by atoms with Gasteiger partial charge in [-0.1, -0.05) is 29.8 Å². The zero-order valence-electron chi connectivity index (χ0n) is 13.5. The molecule has 0 saturated heterocycles. The van der Waals surface area contributed by atoms with Crippen molar-refractivity contribution in [2.24, 2.45) is 5.41 Å². The number of hydrogen-bond acceptors (Lipinski definition) is 5. The van der Waals surface area contributed by atoms with E-state index < -0.39 is 23.5 Å². The average molecular weight is 319 g/mol. The molecule has 1 aliphatic rings. The van der Waals surface area contributed by atoms with Crippen molar-refractivity contribution in [2.45, 2.75) is 32.2 Å². The number of methoxy groups -OCH3 is 2. The highest BCUT2D eigenvalue weighted by atomic mass is 16.5. The Kier molecular flexibility index (Phi) is 5.03. The van der Waals surface area contributed by atoms with Gasteiger partial charge >= 0.3 is 12.1 Å². The molecule has 1 aliphatic carbocycles. The van der Waals surface area contributed by atoms with Crippen LogP contribution in [-0.4, -0.2) is 32.1 Å². The summed E-state index contributed by atoms with van der Waals surface area (Å²) in [7, 11) is 2.49. The molecule has 2 atom stereocenters. The summed E-state index contributed by atoms with van der Waals surface area (Å²) >= 11 is 0. The largest absolute Gasteiger partial charge is 0.468 e. The Morgan fingerprint density at radius 2 is 2.00 bits per heavy atom. The summed E-state index contributed by atoms with van der Waals surface area (Å²) in [6.45, 7) is 1.90. The minimum absolute atomic E-state index is 0.216. The van der Waals surface area contributed by atoms with Crippen LogP contribution in [0.15, 0.2) is 24.3 Å². The van der Waals surface area contributed by atoms with E-state index in [2.05, 4.69) is 10.1 Å². The molecular weight excluding hydrogens is 298 g/mol. The molecule has 23 heavy (non-hydrogen) atoms. The molecule has 1 fully saturated rings. The van der Waals surface area contributed by atoms with Crippen LogP contribution >= 0.6 is 0 Å². The SMILES string of the molecule is COC(=O)NC(c1cccc(C)c1)[C@@]1(C(=O)OC)CCCC1=O. The molecule has 2 rings (SSSR count). The zero-order chi connectivity index (χ0) is 17.0. The van der Waals surface area contributed by atoms with Crippen LogP contribution in [0, 0.1) is 12.3 Å². The highest BCUT2D eigenvalue weighted by molar-refractivity contribution is 6.06. The van der Waals surface area contributed by atoms with Gasteiger partial charge in [0.15, 0.2) is 11.2 Å². The number of rotatable bonds is 4. The summed E-state index contributed by atoms with van der Waals surface area (Å²) < 4.78 is 9.58. The molecule has 6 heteroatoms. The standard InChI is InChI=1S/C17H21NO5/c1-11-6-4-7-12(10-11)14(18-16(21)23-3)17(15(20)22-2)9-5-8-13(17)19/h4,6-7,10,14H,5,8-9H2,1-3H3,(H,18,21)/t14?,17-/m1/s1. The van der Waals surface area contributed by atoms with Gasteiger partial charge < -0.3 is 14.8 Å². The van der Waals surface area contributed by atoms with E-state index in [1.165, 1.54) is 14.2 Å². The van der Waals surface area contributed by atoms with Crippen LogP contribution in [0.2, 0.25) is 0 Å². The maximum Gasteiger partial charge on any atom is 0.407 e. The van der Waals surface area contributed by atoms with E-state index in [9.17, 15) is 14.4 Å². The number of alkyl carbamates (subject to hydrolysis) is 1. The molecule has 0 aromatic heterocycles. The van der Waals surface area contributed by atoms with E-state index in [1.54, 1.807) is 6.07 Å². The summed E-state index contributed by atoms with van der Waals surface area (Å²) in [6, 6.07) is 6.53. The Balaban J connectivity index is 2.56. The molecular formula is C17H21NO5. The second kappa shape index (κ2) is 6.81. The van der Waals surface area contributed by atoms with E-state index in [4.69, 9.17) is 4.74 Å². The van der Waals surface area contributed by atoms with Crippen molar-refractivity contribution in [1.29, 1.82) is 0 Å². The molecule has 0 radical (unpaired) electrons. The number of benzene rings is 1. The van der Waals surface area contributed by atoms with Crippen LogP contribution in [0.5, 0.6) is 0 Å². The van der Waals surface area contributed by atoms with Gasteiger partial charge in [-0.2, -0.15) is 0 Å². The second-order valence-electron chi connectivity index (χ2n) is 5.72. The molecule has 1 aromatic carbocycles. The van der Waals surface area contributed by atoms with Crippen LogP contribution < -0.4 is 5.32 Å². The summed E-state index contributed by atoms with van der Waals surface area (Å²) in [5.41, 5.74) is 0.233. The molecule has 0 aliphatic heterocycles. The molecule has 1 N–H and O–H groups in total. The molecule has 124 valence electrons. The first-order chi connectivity index (χ1) is 11.0. The van der Waals surface area contributed by atoms with E-state index in [0.29, 0.717) is 24.8 Å². The molecule has 1 amide bonds. The average Bonchev–Trinajstić information content (AvgIpc) is 2.93. The number of nitrogens with one attached hydrogen (secondary N) is 1. The first-order valence-corrected chi connectivity index (χ1v) is 7.48. The van der Waals surface area contributed by atoms with Crippen molar-refractivity contribution in [3.8, 4) is 0 Å². The van der Waals surface area contributed by atoms with Crippen molar-refractivity contribution < 1.29 is 23.9 Å². The molecule has 0 spiro atoms. The first kappa shape index (κ1) is 17.0. The lowest BCUT2D eigenvalue weighted by atomic mass is 9.74. The normalized spacial score (nSPS) is 21.6. The number of ketones is 1. The highest BCUT2D eigenvalue weighted by Crippen LogP contribution is 2.46. The lowest BCUT2D eigenvalue weighted by Crippen LogP contribution is -2.49.